The van der Waals surface area contributed by atoms with Crippen molar-refractivity contribution in [2.45, 2.75) is 45.7 Å². The van der Waals surface area contributed by atoms with Crippen molar-refractivity contribution in [3.05, 3.63) is 29.8 Å². The Morgan fingerprint density at radius 1 is 1.39 bits per heavy atom. The minimum atomic E-state index is -0.259. The highest BCUT2D eigenvalue weighted by atomic mass is 19.1. The molecule has 3 nitrogen and oxygen atoms in total. The number of rotatable bonds is 5. The van der Waals surface area contributed by atoms with Crippen molar-refractivity contribution in [2.75, 3.05) is 0 Å². The van der Waals surface area contributed by atoms with Crippen LogP contribution in [-0.2, 0) is 13.0 Å². The minimum Gasteiger partial charge on any atom is -0.328 e. The summed E-state index contributed by atoms with van der Waals surface area (Å²) in [6, 6.07) is 5.18. The van der Waals surface area contributed by atoms with Gasteiger partial charge in [-0.05, 0) is 25.5 Å². The van der Waals surface area contributed by atoms with Crippen LogP contribution in [0.25, 0.3) is 11.0 Å². The van der Waals surface area contributed by atoms with E-state index >= 15 is 0 Å². The van der Waals surface area contributed by atoms with Gasteiger partial charge in [0.15, 0.2) is 5.82 Å². The molecule has 0 radical (unpaired) electrons. The first-order valence-electron chi connectivity index (χ1n) is 6.56. The molecule has 0 saturated heterocycles. The summed E-state index contributed by atoms with van der Waals surface area (Å²) in [7, 11) is 0. The van der Waals surface area contributed by atoms with E-state index in [9.17, 15) is 4.39 Å². The van der Waals surface area contributed by atoms with Crippen LogP contribution in [-0.4, -0.2) is 15.6 Å². The van der Waals surface area contributed by atoms with Crippen LogP contribution in [0.3, 0.4) is 0 Å². The molecule has 1 atom stereocenters. The molecular weight excluding hydrogens is 229 g/mol. The highest BCUT2D eigenvalue weighted by molar-refractivity contribution is 5.76. The topological polar surface area (TPSA) is 43.8 Å². The number of benzene rings is 1. The summed E-state index contributed by atoms with van der Waals surface area (Å²) < 4.78 is 15.7. The molecule has 0 aliphatic heterocycles. The van der Waals surface area contributed by atoms with E-state index in [1.807, 2.05) is 17.6 Å². The number of nitrogens with two attached hydrogens (primary N) is 1. The summed E-state index contributed by atoms with van der Waals surface area (Å²) in [4.78, 5) is 4.41. The van der Waals surface area contributed by atoms with Crippen LogP contribution in [0.5, 0.6) is 0 Å². The standard InChI is InChI=1S/C14H20FN3/c1-3-6-10(16)9-13-17-14-11(15)7-5-8-12(14)18(13)4-2/h5,7-8,10H,3-4,6,9,16H2,1-2H3. The number of hydrogen-bond donors (Lipinski definition) is 1. The molecule has 0 bridgehead atoms. The van der Waals surface area contributed by atoms with Gasteiger partial charge in [-0.2, -0.15) is 0 Å². The van der Waals surface area contributed by atoms with E-state index in [1.54, 1.807) is 6.07 Å². The Kier molecular flexibility index (Phi) is 3.97. The van der Waals surface area contributed by atoms with Crippen molar-refractivity contribution in [3.63, 3.8) is 0 Å². The number of hydrogen-bond acceptors (Lipinski definition) is 2. The third-order valence-electron chi connectivity index (χ3n) is 3.23. The van der Waals surface area contributed by atoms with Gasteiger partial charge < -0.3 is 10.3 Å². The Bertz CT molecular complexity index is 533. The van der Waals surface area contributed by atoms with Crippen LogP contribution in [0.2, 0.25) is 0 Å². The predicted molar refractivity (Wildman–Crippen MR) is 72.0 cm³/mol. The fourth-order valence-electron chi connectivity index (χ4n) is 2.38. The van der Waals surface area contributed by atoms with Gasteiger partial charge in [0.05, 0.1) is 5.52 Å². The number of fused-ring (bicyclic) bond motifs is 1. The Morgan fingerprint density at radius 2 is 2.17 bits per heavy atom. The number of imidazole rings is 1. The molecule has 1 aromatic carbocycles. The van der Waals surface area contributed by atoms with Crippen molar-refractivity contribution in [2.24, 2.45) is 5.73 Å². The first-order chi connectivity index (χ1) is 8.67. The predicted octanol–water partition coefficient (Wildman–Crippen LogP) is 2.87. The van der Waals surface area contributed by atoms with Gasteiger partial charge >= 0.3 is 0 Å². The van der Waals surface area contributed by atoms with Crippen LogP contribution >= 0.6 is 0 Å². The fourth-order valence-corrected chi connectivity index (χ4v) is 2.38. The SMILES string of the molecule is CCCC(N)Cc1nc2c(F)cccc2n1CC. The second-order valence-electron chi connectivity index (χ2n) is 4.63. The molecule has 0 amide bonds. The highest BCUT2D eigenvalue weighted by Crippen LogP contribution is 2.20. The molecule has 2 N–H and O–H groups in total. The summed E-state index contributed by atoms with van der Waals surface area (Å²) in [5, 5.41) is 0. The van der Waals surface area contributed by atoms with Crippen LogP contribution < -0.4 is 5.73 Å². The Morgan fingerprint density at radius 3 is 2.83 bits per heavy atom. The van der Waals surface area contributed by atoms with Crippen LogP contribution in [0, 0.1) is 5.82 Å². The van der Waals surface area contributed by atoms with Gasteiger partial charge in [-0.3, -0.25) is 0 Å². The van der Waals surface area contributed by atoms with Crippen molar-refractivity contribution in [1.29, 1.82) is 0 Å². The summed E-state index contributed by atoms with van der Waals surface area (Å²) in [5.41, 5.74) is 7.37. The van der Waals surface area contributed by atoms with Crippen molar-refractivity contribution < 1.29 is 4.39 Å². The lowest BCUT2D eigenvalue weighted by Gasteiger charge is -2.11. The number of para-hydroxylation sites is 1. The largest absolute Gasteiger partial charge is 0.328 e. The van der Waals surface area contributed by atoms with E-state index < -0.39 is 0 Å². The summed E-state index contributed by atoms with van der Waals surface area (Å²) in [6.45, 7) is 4.94. The Balaban J connectivity index is 2.41. The summed E-state index contributed by atoms with van der Waals surface area (Å²) in [5.74, 6) is 0.628. The van der Waals surface area contributed by atoms with Gasteiger partial charge in [-0.15, -0.1) is 0 Å². The average Bonchev–Trinajstić information content (AvgIpc) is 2.68. The minimum absolute atomic E-state index is 0.0974. The van der Waals surface area contributed by atoms with Crippen LogP contribution in [0.15, 0.2) is 18.2 Å². The molecule has 18 heavy (non-hydrogen) atoms. The number of aromatic nitrogens is 2. The van der Waals surface area contributed by atoms with E-state index in [-0.39, 0.29) is 11.9 Å². The molecule has 2 rings (SSSR count). The molecule has 0 fully saturated rings. The number of aryl methyl sites for hydroxylation is 1. The summed E-state index contributed by atoms with van der Waals surface area (Å²) in [6.07, 6.45) is 2.73. The zero-order chi connectivity index (χ0) is 13.1. The van der Waals surface area contributed by atoms with Gasteiger partial charge in [0.25, 0.3) is 0 Å². The molecule has 0 aliphatic carbocycles. The zero-order valence-corrected chi connectivity index (χ0v) is 11.0. The fraction of sp³-hybridized carbons (Fsp3) is 0.500. The average molecular weight is 249 g/mol. The third-order valence-corrected chi connectivity index (χ3v) is 3.23. The second kappa shape index (κ2) is 5.48. The quantitative estimate of drug-likeness (QED) is 0.885. The van der Waals surface area contributed by atoms with Gasteiger partial charge in [0.1, 0.15) is 11.3 Å². The van der Waals surface area contributed by atoms with Crippen molar-refractivity contribution >= 4 is 11.0 Å². The second-order valence-corrected chi connectivity index (χ2v) is 4.63. The van der Waals surface area contributed by atoms with Gasteiger partial charge in [0, 0.05) is 19.0 Å². The van der Waals surface area contributed by atoms with E-state index in [2.05, 4.69) is 11.9 Å². The zero-order valence-electron chi connectivity index (χ0n) is 11.0. The normalized spacial score (nSPS) is 13.1. The summed E-state index contributed by atoms with van der Waals surface area (Å²) >= 11 is 0. The first kappa shape index (κ1) is 13.0. The van der Waals surface area contributed by atoms with E-state index in [1.165, 1.54) is 6.07 Å². The first-order valence-corrected chi connectivity index (χ1v) is 6.56. The molecule has 1 aromatic heterocycles. The van der Waals surface area contributed by atoms with Crippen LogP contribution in [0.1, 0.15) is 32.5 Å². The lowest BCUT2D eigenvalue weighted by molar-refractivity contribution is 0.566. The molecule has 0 aliphatic rings. The van der Waals surface area contributed by atoms with E-state index in [0.717, 1.165) is 30.7 Å². The molecule has 1 heterocycles. The molecule has 98 valence electrons. The molecule has 4 heteroatoms. The highest BCUT2D eigenvalue weighted by Gasteiger charge is 2.14. The Hall–Kier alpha value is -1.42. The van der Waals surface area contributed by atoms with Crippen molar-refractivity contribution in [1.82, 2.24) is 9.55 Å². The molecule has 0 spiro atoms. The monoisotopic (exact) mass is 249 g/mol. The van der Waals surface area contributed by atoms with Crippen molar-refractivity contribution in [3.8, 4) is 0 Å². The van der Waals surface area contributed by atoms with Gasteiger partial charge in [-0.25, -0.2) is 9.37 Å². The number of nitrogens with zero attached hydrogens (tertiary/aromatic N) is 2. The smallest absolute Gasteiger partial charge is 0.151 e. The van der Waals surface area contributed by atoms with Gasteiger partial charge in [-0.1, -0.05) is 19.4 Å². The molecule has 2 aromatic rings. The maximum Gasteiger partial charge on any atom is 0.151 e. The molecular formula is C14H20FN3. The maximum absolute atomic E-state index is 13.7. The number of halogens is 1. The van der Waals surface area contributed by atoms with E-state index in [4.69, 9.17) is 5.73 Å². The molecule has 1 unspecified atom stereocenters. The Labute approximate surface area is 107 Å². The maximum atomic E-state index is 13.7. The lowest BCUT2D eigenvalue weighted by Crippen LogP contribution is -2.24. The van der Waals surface area contributed by atoms with Gasteiger partial charge in [0.2, 0.25) is 0 Å². The van der Waals surface area contributed by atoms with E-state index in [0.29, 0.717) is 11.9 Å². The molecule has 0 saturated carbocycles. The lowest BCUT2D eigenvalue weighted by atomic mass is 10.1. The third kappa shape index (κ3) is 2.38. The van der Waals surface area contributed by atoms with Crippen LogP contribution in [0.4, 0.5) is 4.39 Å².